The lowest BCUT2D eigenvalue weighted by Gasteiger charge is -2.24. The molecule has 1 saturated carbocycles. The number of carbonyl (C=O) groups excluding carboxylic acids is 1. The van der Waals surface area contributed by atoms with E-state index in [2.05, 4.69) is 4.90 Å². The molecule has 4 nitrogen and oxygen atoms in total. The van der Waals surface area contributed by atoms with E-state index in [0.29, 0.717) is 6.04 Å². The second-order valence-corrected chi connectivity index (χ2v) is 5.88. The van der Waals surface area contributed by atoms with Crippen LogP contribution in [0.5, 0.6) is 0 Å². The minimum absolute atomic E-state index is 0.167. The summed E-state index contributed by atoms with van der Waals surface area (Å²) in [6.45, 7) is 1.65. The zero-order valence-corrected chi connectivity index (χ0v) is 11.7. The standard InChI is InChI=1S/C14H19N3OS/c15-19-13-7-5-12(6-8-13)17-10-9-16(14(17)18)11-3-1-2-4-11/h5-8,11H,1-4,9-10,15H2. The van der Waals surface area contributed by atoms with Crippen molar-refractivity contribution in [2.75, 3.05) is 18.0 Å². The average molecular weight is 277 g/mol. The maximum atomic E-state index is 12.5. The Morgan fingerprint density at radius 1 is 1.11 bits per heavy atom. The van der Waals surface area contributed by atoms with Crippen LogP contribution in [-0.2, 0) is 0 Å². The van der Waals surface area contributed by atoms with Crippen molar-refractivity contribution >= 4 is 23.7 Å². The largest absolute Gasteiger partial charge is 0.324 e. The highest BCUT2D eigenvalue weighted by Crippen LogP contribution is 2.29. The molecule has 1 aliphatic carbocycles. The molecule has 0 aromatic heterocycles. The molecule has 2 fully saturated rings. The molecule has 5 heteroatoms. The van der Waals surface area contributed by atoms with Gasteiger partial charge in [0.1, 0.15) is 0 Å². The molecule has 0 spiro atoms. The van der Waals surface area contributed by atoms with Gasteiger partial charge in [-0.1, -0.05) is 12.8 Å². The topological polar surface area (TPSA) is 49.6 Å². The fourth-order valence-electron chi connectivity index (χ4n) is 3.05. The van der Waals surface area contributed by atoms with Crippen LogP contribution in [0.3, 0.4) is 0 Å². The van der Waals surface area contributed by atoms with Gasteiger partial charge in [-0.25, -0.2) is 4.79 Å². The molecule has 0 bridgehead atoms. The number of carbonyl (C=O) groups is 1. The first kappa shape index (κ1) is 12.8. The van der Waals surface area contributed by atoms with Gasteiger partial charge < -0.3 is 4.90 Å². The monoisotopic (exact) mass is 277 g/mol. The van der Waals surface area contributed by atoms with E-state index in [9.17, 15) is 4.79 Å². The second kappa shape index (κ2) is 5.43. The van der Waals surface area contributed by atoms with Gasteiger partial charge in [-0.3, -0.25) is 10.0 Å². The maximum absolute atomic E-state index is 12.5. The number of nitrogens with two attached hydrogens (primary N) is 1. The minimum atomic E-state index is 0.167. The van der Waals surface area contributed by atoms with Crippen molar-refractivity contribution in [2.45, 2.75) is 36.6 Å². The predicted octanol–water partition coefficient (Wildman–Crippen LogP) is 2.84. The smallest absolute Gasteiger partial charge is 0.320 e. The first-order valence-corrected chi connectivity index (χ1v) is 7.72. The number of urea groups is 1. The Balaban J connectivity index is 1.73. The molecular formula is C14H19N3OS. The fraction of sp³-hybridized carbons (Fsp3) is 0.500. The maximum Gasteiger partial charge on any atom is 0.324 e. The molecule has 19 heavy (non-hydrogen) atoms. The molecule has 2 aliphatic rings. The van der Waals surface area contributed by atoms with E-state index in [1.165, 1.54) is 37.6 Å². The van der Waals surface area contributed by atoms with Gasteiger partial charge in [-0.2, -0.15) is 0 Å². The summed E-state index contributed by atoms with van der Waals surface area (Å²) in [6, 6.07) is 8.52. The van der Waals surface area contributed by atoms with Crippen LogP contribution < -0.4 is 10.0 Å². The quantitative estimate of drug-likeness (QED) is 0.864. The predicted molar refractivity (Wildman–Crippen MR) is 78.2 cm³/mol. The van der Waals surface area contributed by atoms with E-state index in [0.717, 1.165) is 23.7 Å². The van der Waals surface area contributed by atoms with Crippen LogP contribution in [0.15, 0.2) is 29.2 Å². The molecule has 2 amide bonds. The molecule has 1 aliphatic heterocycles. The number of hydrogen-bond acceptors (Lipinski definition) is 3. The van der Waals surface area contributed by atoms with Gasteiger partial charge in [0.2, 0.25) is 0 Å². The lowest BCUT2D eigenvalue weighted by atomic mass is 10.2. The summed E-state index contributed by atoms with van der Waals surface area (Å²) in [4.78, 5) is 17.4. The van der Waals surface area contributed by atoms with Gasteiger partial charge in [-0.05, 0) is 49.1 Å². The second-order valence-electron chi connectivity index (χ2n) is 5.18. The number of rotatable bonds is 3. The van der Waals surface area contributed by atoms with Gasteiger partial charge >= 0.3 is 6.03 Å². The van der Waals surface area contributed by atoms with Crippen molar-refractivity contribution in [2.24, 2.45) is 5.14 Å². The van der Waals surface area contributed by atoms with E-state index in [1.54, 1.807) is 0 Å². The molecular weight excluding hydrogens is 258 g/mol. The number of amides is 2. The first-order valence-electron chi connectivity index (χ1n) is 6.84. The van der Waals surface area contributed by atoms with E-state index in [-0.39, 0.29) is 6.03 Å². The Labute approximate surface area is 118 Å². The fourth-order valence-corrected chi connectivity index (χ4v) is 3.35. The highest BCUT2D eigenvalue weighted by molar-refractivity contribution is 7.97. The number of nitrogens with zero attached hydrogens (tertiary/aromatic N) is 2. The van der Waals surface area contributed by atoms with Crippen LogP contribution in [0.4, 0.5) is 10.5 Å². The Kier molecular flexibility index (Phi) is 3.66. The van der Waals surface area contributed by atoms with Gasteiger partial charge in [-0.15, -0.1) is 0 Å². The number of hydrogen-bond donors (Lipinski definition) is 1. The van der Waals surface area contributed by atoms with Gasteiger partial charge in [0, 0.05) is 29.7 Å². The van der Waals surface area contributed by atoms with E-state index >= 15 is 0 Å². The van der Waals surface area contributed by atoms with Crippen molar-refractivity contribution in [3.05, 3.63) is 24.3 Å². The lowest BCUT2D eigenvalue weighted by molar-refractivity contribution is 0.201. The van der Waals surface area contributed by atoms with Crippen LogP contribution in [0, 0.1) is 0 Å². The van der Waals surface area contributed by atoms with Crippen molar-refractivity contribution in [1.29, 1.82) is 0 Å². The van der Waals surface area contributed by atoms with Crippen LogP contribution in [0.25, 0.3) is 0 Å². The van der Waals surface area contributed by atoms with Crippen LogP contribution in [0.1, 0.15) is 25.7 Å². The van der Waals surface area contributed by atoms with Crippen molar-refractivity contribution in [3.63, 3.8) is 0 Å². The molecule has 1 saturated heterocycles. The summed E-state index contributed by atoms with van der Waals surface area (Å²) in [5, 5.41) is 5.51. The molecule has 1 aromatic carbocycles. The van der Waals surface area contributed by atoms with E-state index in [1.807, 2.05) is 29.2 Å². The average Bonchev–Trinajstić information content (AvgIpc) is 3.08. The normalized spacial score (nSPS) is 20.6. The summed E-state index contributed by atoms with van der Waals surface area (Å²) in [6.07, 6.45) is 4.86. The zero-order chi connectivity index (χ0) is 13.2. The van der Waals surface area contributed by atoms with Crippen LogP contribution >= 0.6 is 11.9 Å². The zero-order valence-electron chi connectivity index (χ0n) is 10.9. The molecule has 0 radical (unpaired) electrons. The van der Waals surface area contributed by atoms with E-state index in [4.69, 9.17) is 5.14 Å². The van der Waals surface area contributed by atoms with Gasteiger partial charge in [0.05, 0.1) is 0 Å². The summed E-state index contributed by atoms with van der Waals surface area (Å²) in [7, 11) is 0. The van der Waals surface area contributed by atoms with Crippen molar-refractivity contribution < 1.29 is 4.79 Å². The summed E-state index contributed by atoms with van der Waals surface area (Å²) in [5.41, 5.74) is 0.975. The Hall–Kier alpha value is -1.20. The summed E-state index contributed by atoms with van der Waals surface area (Å²) in [5.74, 6) is 0. The Morgan fingerprint density at radius 2 is 1.79 bits per heavy atom. The third kappa shape index (κ3) is 2.44. The molecule has 2 N–H and O–H groups in total. The molecule has 1 aromatic rings. The summed E-state index contributed by atoms with van der Waals surface area (Å²) < 4.78 is 0. The summed E-state index contributed by atoms with van der Waals surface area (Å²) >= 11 is 1.23. The van der Waals surface area contributed by atoms with Gasteiger partial charge in [0.25, 0.3) is 0 Å². The highest BCUT2D eigenvalue weighted by Gasteiger charge is 2.35. The van der Waals surface area contributed by atoms with Crippen molar-refractivity contribution in [3.8, 4) is 0 Å². The van der Waals surface area contributed by atoms with Gasteiger partial charge in [0.15, 0.2) is 0 Å². The molecule has 1 heterocycles. The number of benzene rings is 1. The molecule has 102 valence electrons. The lowest BCUT2D eigenvalue weighted by Crippen LogP contribution is -2.37. The molecule has 0 atom stereocenters. The van der Waals surface area contributed by atoms with Crippen LogP contribution in [-0.4, -0.2) is 30.1 Å². The SMILES string of the molecule is NSc1ccc(N2CCN(C3CCCC3)C2=O)cc1. The Morgan fingerprint density at radius 3 is 2.42 bits per heavy atom. The third-order valence-corrected chi connectivity index (χ3v) is 4.64. The van der Waals surface area contributed by atoms with Crippen LogP contribution in [0.2, 0.25) is 0 Å². The molecule has 0 unspecified atom stereocenters. The van der Waals surface area contributed by atoms with E-state index < -0.39 is 0 Å². The molecule has 3 rings (SSSR count). The third-order valence-electron chi connectivity index (χ3n) is 4.09. The highest BCUT2D eigenvalue weighted by atomic mass is 32.2. The first-order chi connectivity index (χ1) is 9.29. The number of anilines is 1. The Bertz CT molecular complexity index is 456. The minimum Gasteiger partial charge on any atom is -0.320 e. The van der Waals surface area contributed by atoms with Crippen molar-refractivity contribution in [1.82, 2.24) is 4.90 Å².